The lowest BCUT2D eigenvalue weighted by atomic mass is 9.94. The Hall–Kier alpha value is -1.79. The van der Waals surface area contributed by atoms with Crippen molar-refractivity contribution in [2.75, 3.05) is 6.61 Å². The van der Waals surface area contributed by atoms with Crippen LogP contribution in [0.5, 0.6) is 0 Å². The lowest BCUT2D eigenvalue weighted by molar-refractivity contribution is 0.0922. The molecule has 3 unspecified atom stereocenters. The van der Waals surface area contributed by atoms with E-state index in [2.05, 4.69) is 17.2 Å². The quantitative estimate of drug-likeness (QED) is 0.818. The predicted octanol–water partition coefficient (Wildman–Crippen LogP) is 2.26. The monoisotopic (exact) mass is 283 g/mol. The van der Waals surface area contributed by atoms with Gasteiger partial charge in [0.25, 0.3) is 5.91 Å². The van der Waals surface area contributed by atoms with Crippen molar-refractivity contribution in [1.29, 1.82) is 0 Å². The molecule has 2 bridgehead atoms. The highest BCUT2D eigenvalue weighted by atomic mass is 16.2. The zero-order valence-electron chi connectivity index (χ0n) is 12.4. The molecular formula is C18H21NO2. The van der Waals surface area contributed by atoms with Gasteiger partial charge in [-0.3, -0.25) is 4.79 Å². The summed E-state index contributed by atoms with van der Waals surface area (Å²) < 4.78 is 0. The van der Waals surface area contributed by atoms with Gasteiger partial charge in [0.2, 0.25) is 0 Å². The predicted molar refractivity (Wildman–Crippen MR) is 81.8 cm³/mol. The van der Waals surface area contributed by atoms with Crippen molar-refractivity contribution in [3.05, 3.63) is 34.9 Å². The van der Waals surface area contributed by atoms with E-state index in [0.29, 0.717) is 23.1 Å². The zero-order valence-corrected chi connectivity index (χ0v) is 12.4. The number of carbonyl (C=O) groups excluding carboxylic acids is 1. The molecule has 21 heavy (non-hydrogen) atoms. The van der Waals surface area contributed by atoms with E-state index >= 15 is 0 Å². The van der Waals surface area contributed by atoms with Gasteiger partial charge in [-0.2, -0.15) is 0 Å². The molecule has 2 saturated carbocycles. The summed E-state index contributed by atoms with van der Waals surface area (Å²) >= 11 is 0. The van der Waals surface area contributed by atoms with Crippen LogP contribution in [0.1, 0.15) is 47.2 Å². The second-order valence-corrected chi connectivity index (χ2v) is 6.26. The zero-order chi connectivity index (χ0) is 14.8. The van der Waals surface area contributed by atoms with Crippen molar-refractivity contribution in [2.45, 2.75) is 38.6 Å². The third-order valence-electron chi connectivity index (χ3n) is 4.78. The standard InChI is InChI=1S/C18H21NO2/c1-12-4-6-14(3-2-8-20)16(9-12)18(21)19-17-11-13-5-7-15(17)10-13/h4,6,9,13,15,17,20H,5,7-8,10-11H2,1H3,(H,19,21). The smallest absolute Gasteiger partial charge is 0.252 e. The number of fused-ring (bicyclic) bond motifs is 2. The summed E-state index contributed by atoms with van der Waals surface area (Å²) in [6.07, 6.45) is 4.98. The van der Waals surface area contributed by atoms with Crippen LogP contribution in [0.15, 0.2) is 18.2 Å². The molecule has 0 aliphatic heterocycles. The van der Waals surface area contributed by atoms with Gasteiger partial charge in [0.15, 0.2) is 0 Å². The lowest BCUT2D eigenvalue weighted by Crippen LogP contribution is -2.38. The molecule has 0 spiro atoms. The highest BCUT2D eigenvalue weighted by Gasteiger charge is 2.40. The van der Waals surface area contributed by atoms with Crippen molar-refractivity contribution in [3.63, 3.8) is 0 Å². The first-order valence-electron chi connectivity index (χ1n) is 7.68. The van der Waals surface area contributed by atoms with E-state index in [1.54, 1.807) is 0 Å². The molecule has 1 aromatic carbocycles. The van der Waals surface area contributed by atoms with E-state index < -0.39 is 0 Å². The number of hydrogen-bond donors (Lipinski definition) is 2. The van der Waals surface area contributed by atoms with Gasteiger partial charge in [0.05, 0.1) is 5.56 Å². The van der Waals surface area contributed by atoms with Crippen LogP contribution in [0, 0.1) is 30.6 Å². The maximum Gasteiger partial charge on any atom is 0.252 e. The molecule has 0 aromatic heterocycles. The summed E-state index contributed by atoms with van der Waals surface area (Å²) in [6, 6.07) is 6.00. The van der Waals surface area contributed by atoms with Gasteiger partial charge in [-0.1, -0.05) is 29.9 Å². The first-order valence-corrected chi connectivity index (χ1v) is 7.68. The third kappa shape index (κ3) is 2.96. The third-order valence-corrected chi connectivity index (χ3v) is 4.78. The maximum absolute atomic E-state index is 12.6. The van der Waals surface area contributed by atoms with Crippen LogP contribution in [0.3, 0.4) is 0 Å². The van der Waals surface area contributed by atoms with E-state index in [1.165, 1.54) is 19.3 Å². The summed E-state index contributed by atoms with van der Waals surface area (Å²) in [6.45, 7) is 1.78. The molecule has 110 valence electrons. The number of benzene rings is 1. The Kier molecular flexibility index (Phi) is 3.98. The molecule has 3 atom stereocenters. The van der Waals surface area contributed by atoms with Gasteiger partial charge in [-0.25, -0.2) is 0 Å². The number of amides is 1. The summed E-state index contributed by atoms with van der Waals surface area (Å²) in [7, 11) is 0. The minimum Gasteiger partial charge on any atom is -0.384 e. The largest absolute Gasteiger partial charge is 0.384 e. The minimum atomic E-state index is -0.193. The van der Waals surface area contributed by atoms with E-state index in [-0.39, 0.29) is 12.5 Å². The summed E-state index contributed by atoms with van der Waals surface area (Å²) in [5.41, 5.74) is 2.36. The van der Waals surface area contributed by atoms with E-state index in [1.807, 2.05) is 25.1 Å². The average molecular weight is 283 g/mol. The van der Waals surface area contributed by atoms with E-state index in [9.17, 15) is 4.79 Å². The van der Waals surface area contributed by atoms with Gasteiger partial charge in [0, 0.05) is 11.6 Å². The molecule has 2 aliphatic carbocycles. The number of aliphatic hydroxyl groups excluding tert-OH is 1. The normalized spacial score (nSPS) is 26.3. The first kappa shape index (κ1) is 14.2. The summed E-state index contributed by atoms with van der Waals surface area (Å²) in [5, 5.41) is 12.0. The number of nitrogens with one attached hydrogen (secondary N) is 1. The molecular weight excluding hydrogens is 262 g/mol. The maximum atomic E-state index is 12.6. The van der Waals surface area contributed by atoms with Crippen LogP contribution in [-0.2, 0) is 0 Å². The fourth-order valence-electron chi connectivity index (χ4n) is 3.76. The number of hydrogen-bond acceptors (Lipinski definition) is 2. The fourth-order valence-corrected chi connectivity index (χ4v) is 3.76. The molecule has 3 nitrogen and oxygen atoms in total. The second kappa shape index (κ2) is 5.91. The van der Waals surface area contributed by atoms with Gasteiger partial charge in [0.1, 0.15) is 6.61 Å². The Bertz CT molecular complexity index is 611. The fraction of sp³-hybridized carbons (Fsp3) is 0.500. The molecule has 0 heterocycles. The van der Waals surface area contributed by atoms with E-state index in [0.717, 1.165) is 17.9 Å². The highest BCUT2D eigenvalue weighted by Crippen LogP contribution is 2.44. The van der Waals surface area contributed by atoms with E-state index in [4.69, 9.17) is 5.11 Å². The Morgan fingerprint density at radius 2 is 2.24 bits per heavy atom. The van der Waals surface area contributed by atoms with Crippen molar-refractivity contribution in [3.8, 4) is 11.8 Å². The van der Waals surface area contributed by atoms with Crippen molar-refractivity contribution >= 4 is 5.91 Å². The number of carbonyl (C=O) groups is 1. The summed E-state index contributed by atoms with van der Waals surface area (Å²) in [4.78, 5) is 12.6. The molecule has 2 N–H and O–H groups in total. The van der Waals surface area contributed by atoms with Crippen molar-refractivity contribution < 1.29 is 9.90 Å². The summed E-state index contributed by atoms with van der Waals surface area (Å²) in [5.74, 6) is 6.94. The topological polar surface area (TPSA) is 49.3 Å². The van der Waals surface area contributed by atoms with Crippen molar-refractivity contribution in [2.24, 2.45) is 11.8 Å². The second-order valence-electron chi connectivity index (χ2n) is 6.26. The number of rotatable bonds is 2. The van der Waals surface area contributed by atoms with Gasteiger partial charge in [-0.15, -0.1) is 0 Å². The molecule has 1 amide bonds. The SMILES string of the molecule is Cc1ccc(C#CCO)c(C(=O)NC2CC3CCC2C3)c1. The Morgan fingerprint density at radius 3 is 2.90 bits per heavy atom. The van der Waals surface area contributed by atoms with Crippen LogP contribution in [0.4, 0.5) is 0 Å². The molecule has 2 fully saturated rings. The number of aryl methyl sites for hydroxylation is 1. The molecule has 3 rings (SSSR count). The van der Waals surface area contributed by atoms with Crippen LogP contribution in [0.25, 0.3) is 0 Å². The molecule has 0 radical (unpaired) electrons. The first-order chi connectivity index (χ1) is 10.2. The Balaban J connectivity index is 1.78. The van der Waals surface area contributed by atoms with Crippen LogP contribution in [0.2, 0.25) is 0 Å². The van der Waals surface area contributed by atoms with Crippen LogP contribution in [-0.4, -0.2) is 23.7 Å². The van der Waals surface area contributed by atoms with Crippen LogP contribution < -0.4 is 5.32 Å². The van der Waals surface area contributed by atoms with Gasteiger partial charge < -0.3 is 10.4 Å². The molecule has 1 aromatic rings. The van der Waals surface area contributed by atoms with Crippen molar-refractivity contribution in [1.82, 2.24) is 5.32 Å². The van der Waals surface area contributed by atoms with Crippen LogP contribution >= 0.6 is 0 Å². The highest BCUT2D eigenvalue weighted by molar-refractivity contribution is 5.97. The number of aliphatic hydroxyl groups is 1. The molecule has 3 heteroatoms. The Labute approximate surface area is 125 Å². The van der Waals surface area contributed by atoms with Gasteiger partial charge >= 0.3 is 0 Å². The Morgan fingerprint density at radius 1 is 1.38 bits per heavy atom. The minimum absolute atomic E-state index is 0.0292. The molecule has 2 aliphatic rings. The average Bonchev–Trinajstić information content (AvgIpc) is 3.08. The lowest BCUT2D eigenvalue weighted by Gasteiger charge is -2.23. The molecule has 0 saturated heterocycles. The van der Waals surface area contributed by atoms with Gasteiger partial charge in [-0.05, 0) is 50.2 Å².